The van der Waals surface area contributed by atoms with E-state index in [0.29, 0.717) is 115 Å². The van der Waals surface area contributed by atoms with Gasteiger partial charge in [0.25, 0.3) is 11.8 Å². The number of unbranched alkanes of at least 4 members (excludes halogenated alkanes) is 4. The average molecular weight is 2150 g/mol. The first-order chi connectivity index (χ1) is 70.1. The van der Waals surface area contributed by atoms with E-state index in [1.807, 2.05) is 27.7 Å². The summed E-state index contributed by atoms with van der Waals surface area (Å²) in [7, 11) is 0. The number of primary amides is 2. The smallest absolute Gasteiger partial charge is 0.657 e. The molecule has 4 aromatic rings. The number of fused-ring (bicyclic) bond motifs is 7. The number of aryl methyl sites for hydroxylation is 3. The Morgan fingerprint density at radius 2 is 1.11 bits per heavy atom. The zero-order valence-electron chi connectivity index (χ0n) is 86.4. The Bertz CT molecular complexity index is 5840. The van der Waals surface area contributed by atoms with E-state index < -0.39 is 290 Å². The van der Waals surface area contributed by atoms with Crippen LogP contribution in [0.2, 0.25) is 0 Å². The number of carboxylic acids is 4. The van der Waals surface area contributed by atoms with E-state index in [-0.39, 0.29) is 154 Å². The van der Waals surface area contributed by atoms with Gasteiger partial charge in [-0.2, -0.15) is 0 Å². The van der Waals surface area contributed by atoms with Gasteiger partial charge in [0.15, 0.2) is 11.6 Å². The van der Waals surface area contributed by atoms with Gasteiger partial charge in [-0.25, -0.2) is 14.8 Å². The fourth-order valence-electron chi connectivity index (χ4n) is 18.9. The molecule has 4 aromatic heterocycles. The summed E-state index contributed by atoms with van der Waals surface area (Å²) in [6, 6.07) is 2.27. The first-order valence-electron chi connectivity index (χ1n) is 51.0. The molecule has 43 heteroatoms. The number of aromatic nitrogens is 6. The maximum absolute atomic E-state index is 16.0. The van der Waals surface area contributed by atoms with Crippen molar-refractivity contribution in [2.24, 2.45) is 70.6 Å². The molecular weight excluding hydrogens is 2010 g/mol. The fraction of sp³-hybridized carbons (Fsp3) is 0.585. The number of hydrogen-bond acceptors (Lipinski definition) is 28. The number of carbonyl (C=O) groups is 21. The molecule has 12 atom stereocenters. The third kappa shape index (κ3) is 37.1. The van der Waals surface area contributed by atoms with Gasteiger partial charge in [-0.15, -0.1) is 50.7 Å². The van der Waals surface area contributed by atoms with E-state index >= 15 is 33.6 Å². The molecule has 1 saturated heterocycles. The van der Waals surface area contributed by atoms with Crippen molar-refractivity contribution in [2.75, 3.05) is 18.1 Å². The van der Waals surface area contributed by atoms with E-state index in [1.54, 1.807) is 52.0 Å². The van der Waals surface area contributed by atoms with Crippen LogP contribution in [-0.2, 0) is 148 Å². The van der Waals surface area contributed by atoms with E-state index in [2.05, 4.69) is 31.2 Å². The Kier molecular flexibility index (Phi) is 49.7. The Balaban J connectivity index is 0.0000300. The number of aliphatic hydroxyl groups excluding tert-OH is 1. The molecule has 0 spiro atoms. The predicted octanol–water partition coefficient (Wildman–Crippen LogP) is 10.1. The number of carboxylic acid groups (broad SMARTS) is 4. The predicted molar refractivity (Wildman–Crippen MR) is 546 cm³/mol. The van der Waals surface area contributed by atoms with Crippen LogP contribution in [0.15, 0.2) is 41.7 Å². The Hall–Kier alpha value is -12.3. The minimum Gasteiger partial charge on any atom is -0.657 e. The Labute approximate surface area is 883 Å². The molecule has 808 valence electrons. The molecule has 12 unspecified atom stereocenters. The van der Waals surface area contributed by atoms with Crippen molar-refractivity contribution in [3.8, 4) is 0 Å². The molecule has 0 saturated carbocycles. The zero-order valence-corrected chi connectivity index (χ0v) is 89.1. The molecule has 8 heterocycles. The average Bonchev–Trinajstić information content (AvgIpc) is 1.61. The van der Waals surface area contributed by atoms with Gasteiger partial charge in [0.1, 0.15) is 40.7 Å². The van der Waals surface area contributed by atoms with Crippen molar-refractivity contribution in [1.82, 2.24) is 56.2 Å². The zero-order chi connectivity index (χ0) is 109. The van der Waals surface area contributed by atoms with Crippen molar-refractivity contribution in [1.29, 1.82) is 0 Å². The van der Waals surface area contributed by atoms with Crippen LogP contribution in [0, 0.1) is 59.2 Å². The largest absolute Gasteiger partial charge is 6.00 e. The van der Waals surface area contributed by atoms with E-state index in [0.717, 1.165) is 23.5 Å². The van der Waals surface area contributed by atoms with Crippen LogP contribution in [0.1, 0.15) is 314 Å². The summed E-state index contributed by atoms with van der Waals surface area (Å²) >= 11 is 2.17. The van der Waals surface area contributed by atoms with Crippen LogP contribution in [0.25, 0.3) is 43.7 Å². The number of carbonyl (C=O) groups excluding carboxylic acids is 17. The van der Waals surface area contributed by atoms with Crippen LogP contribution in [0.5, 0.6) is 0 Å². The molecule has 8 rings (SSSR count). The van der Waals surface area contributed by atoms with E-state index in [4.69, 9.17) is 36.2 Å². The first-order valence-corrected chi connectivity index (χ1v) is 53.0. The number of ketones is 8. The number of aliphatic carboxylic acids is 4. The minimum atomic E-state index is -1.77. The van der Waals surface area contributed by atoms with Crippen molar-refractivity contribution >= 4 is 191 Å². The molecule has 149 heavy (non-hydrogen) atoms. The van der Waals surface area contributed by atoms with Gasteiger partial charge in [0.05, 0.1) is 52.8 Å². The number of hydroxylamine groups is 2. The molecule has 4 aliphatic rings. The standard InChI is InChI=1S/C106H143N13O27S2.Fe/c1-12-66-70(28-35-98(137)138)78-48-79-71(29-36-99(139)140)67(13-2)75(113-79)49-81-103-69(15-4)77(115-81)50-82-102(68(14-3)76(114-82)47-74(66)112-78)147-52-64(43-87(125)60(22-20-21-37-110-59(11)121)39-86(124)61(25-30-92(107)130)40-91(129)101(56(7)8)118-94(132)23-18-16-17-19-24-100(141)146-119-95(133)32-33-96(119)134)85(123)38-57(9)84(122)41-62(26-31-93(108)131)104(142)117-83(53-148-103)105(143)116-80(44-65-51-109-54-111-65)90(128)46-73(58(10)120)89(127)45-72(55(5)6)88(126)42-63(106(144)145)27-34-97(135)136;/h47-51,54-58,60-64,72-73,80,83,101,120H,12-46,52-53H2,1-11H3,(H15,107,108,109,110,111,112,113,114,115,116,117,118,121,130,131,132,135,136,137,138,139,140,142,143,144,145);/q;+6/p-3. The van der Waals surface area contributed by atoms with Crippen LogP contribution < -0.4 is 47.7 Å². The summed E-state index contributed by atoms with van der Waals surface area (Å²) in [6.07, 6.45) is -4.95. The number of Topliss-reactive ketones (excluding diaryl/α,β-unsaturated/α-hetero) is 8. The summed E-state index contributed by atoms with van der Waals surface area (Å²) in [5.74, 6) is -29.7. The molecule has 4 aliphatic heterocycles. The second kappa shape index (κ2) is 59.9. The van der Waals surface area contributed by atoms with Crippen molar-refractivity contribution in [2.45, 2.75) is 324 Å². The number of aliphatic hydroxyl groups is 1. The summed E-state index contributed by atoms with van der Waals surface area (Å²) in [5, 5.41) is 63.0. The first kappa shape index (κ1) is 124. The minimum absolute atomic E-state index is 0. The molecule has 1 fully saturated rings. The van der Waals surface area contributed by atoms with Gasteiger partial charge in [-0.1, -0.05) is 129 Å². The summed E-state index contributed by atoms with van der Waals surface area (Å²) in [5.41, 5.74) is 17.6. The van der Waals surface area contributed by atoms with E-state index in [9.17, 15) is 92.7 Å². The van der Waals surface area contributed by atoms with Crippen molar-refractivity contribution in [3.05, 3.63) is 81.9 Å². The van der Waals surface area contributed by atoms with Gasteiger partial charge < -0.3 is 83.0 Å². The summed E-state index contributed by atoms with van der Waals surface area (Å²) < 4.78 is 0. The van der Waals surface area contributed by atoms with Gasteiger partial charge in [-0.05, 0) is 142 Å². The molecule has 0 radical (unpaired) electrons. The van der Waals surface area contributed by atoms with Crippen LogP contribution in [0.3, 0.4) is 0 Å². The number of amides is 8. The molecule has 13 N–H and O–H groups in total. The number of nitrogens with one attached hydrogen (secondary N) is 4. The molecule has 8 amide bonds. The second-order valence-electron chi connectivity index (χ2n) is 39.3. The number of imidazole rings is 1. The second-order valence-corrected chi connectivity index (χ2v) is 41.3. The topological polar surface area (TPSA) is 653 Å². The summed E-state index contributed by atoms with van der Waals surface area (Å²) in [4.78, 5) is 325. The van der Waals surface area contributed by atoms with Gasteiger partial charge in [-0.3, -0.25) is 95.9 Å². The maximum Gasteiger partial charge on any atom is 6.00 e. The van der Waals surface area contributed by atoms with Crippen LogP contribution >= 0.6 is 23.5 Å². The molecule has 0 aliphatic carbocycles. The number of hydrogen-bond donors (Lipinski definition) is 11. The number of allylic oxidation sites excluding steroid dienone is 3. The third-order valence-electron chi connectivity index (χ3n) is 27.4. The van der Waals surface area contributed by atoms with Gasteiger partial charge in [0.2, 0.25) is 35.4 Å². The number of thioether (sulfide) groups is 2. The number of nitrogens with two attached hydrogens (primary N) is 2. The molecular formula is C106H140FeN13O27S2+3. The SMILES string of the molecule is CCC1=C(CCC(=O)O)c2cc3[n-]c(cc4nc5cc6[n-]c(cc1n2)c(CC)c6SCC(CC(=O)C(CCCCNC(C)=O)CC(=O)C(CCC(N)=O)CC(=O)C(NC(=O)CCCCCCC(=O)ON1C(=O)CCC1=O)C(C)C)C(=O)CC(C)C(=O)CC(CCC(N)=O)C(=O)NC(C(=O)NC(Cc1c[n-]cn1)C(=O)CC(C(=O)CC(C(=O)CC(CCC(=O)O)C(=O)O)C(C)C)C(C)O)CSC4=C5CC)c(CC)c3CCC(=O)O.[Fe+6]. The quantitative estimate of drug-likeness (QED) is 0.0111. The number of nitrogens with zero attached hydrogens (tertiary/aromatic N) is 7. The fourth-order valence-corrected chi connectivity index (χ4v) is 21.5. The van der Waals surface area contributed by atoms with Crippen molar-refractivity contribution < 1.29 is 148 Å². The van der Waals surface area contributed by atoms with Crippen LogP contribution in [0.4, 0.5) is 0 Å². The van der Waals surface area contributed by atoms with E-state index in [1.165, 1.54) is 33.3 Å². The van der Waals surface area contributed by atoms with Crippen molar-refractivity contribution in [3.63, 3.8) is 0 Å². The Morgan fingerprint density at radius 3 is 1.70 bits per heavy atom. The maximum atomic E-state index is 16.0. The molecule has 9 bridgehead atoms. The van der Waals surface area contributed by atoms with Crippen LogP contribution in [-0.4, -0.2) is 211 Å². The third-order valence-corrected chi connectivity index (χ3v) is 29.9. The Morgan fingerprint density at radius 1 is 0.544 bits per heavy atom. The number of imide groups is 1. The van der Waals surface area contributed by atoms with Gasteiger partial charge in [0, 0.05) is 175 Å². The molecule has 0 aromatic carbocycles. The normalized spacial score (nSPS) is 17.4. The van der Waals surface area contributed by atoms with Gasteiger partial charge >= 0.3 is 46.9 Å². The molecule has 40 nitrogen and oxygen atoms in total. The number of rotatable bonds is 59. The monoisotopic (exact) mass is 2150 g/mol. The summed E-state index contributed by atoms with van der Waals surface area (Å²) in [6.45, 7) is 18.1.